The molecule has 150 valence electrons. The van der Waals surface area contributed by atoms with Gasteiger partial charge >= 0.3 is 5.97 Å². The Morgan fingerprint density at radius 1 is 1.14 bits per heavy atom. The van der Waals surface area contributed by atoms with Crippen molar-refractivity contribution in [2.24, 2.45) is 5.92 Å². The SMILES string of the molecule is O=c1cc(-c2ccc(OCCO[C@H]3C[C@@H](C(=O)O)C3)cc2)oc2c(Cl)cccc12. The molecule has 1 heterocycles. The van der Waals surface area contributed by atoms with E-state index < -0.39 is 5.97 Å². The van der Waals surface area contributed by atoms with Gasteiger partial charge in [0.25, 0.3) is 0 Å². The zero-order valence-corrected chi connectivity index (χ0v) is 16.2. The minimum absolute atomic E-state index is 0.00435. The second-order valence-corrected chi connectivity index (χ2v) is 7.37. The van der Waals surface area contributed by atoms with Crippen molar-refractivity contribution < 1.29 is 23.8 Å². The molecule has 0 aliphatic heterocycles. The summed E-state index contributed by atoms with van der Waals surface area (Å²) in [6.07, 6.45) is 1.13. The molecule has 4 rings (SSSR count). The molecule has 0 amide bonds. The van der Waals surface area contributed by atoms with Crippen LogP contribution in [0, 0.1) is 5.92 Å². The largest absolute Gasteiger partial charge is 0.491 e. The number of fused-ring (bicyclic) bond motifs is 1. The Kier molecular flexibility index (Phi) is 5.56. The number of carbonyl (C=O) groups is 1. The van der Waals surface area contributed by atoms with Gasteiger partial charge in [-0.25, -0.2) is 0 Å². The smallest absolute Gasteiger partial charge is 0.306 e. The molecule has 1 aliphatic carbocycles. The van der Waals surface area contributed by atoms with Gasteiger partial charge in [-0.15, -0.1) is 0 Å². The molecule has 6 nitrogen and oxygen atoms in total. The third kappa shape index (κ3) is 4.28. The van der Waals surface area contributed by atoms with Crippen LogP contribution in [0.15, 0.2) is 57.7 Å². The summed E-state index contributed by atoms with van der Waals surface area (Å²) >= 11 is 6.15. The molecule has 2 aromatic carbocycles. The van der Waals surface area contributed by atoms with E-state index >= 15 is 0 Å². The summed E-state index contributed by atoms with van der Waals surface area (Å²) in [5.74, 6) is 0.0585. The molecule has 0 saturated heterocycles. The predicted octanol–water partition coefficient (Wildman–Crippen LogP) is 4.37. The lowest BCUT2D eigenvalue weighted by Gasteiger charge is -2.31. The van der Waals surface area contributed by atoms with Crippen molar-refractivity contribution >= 4 is 28.5 Å². The van der Waals surface area contributed by atoms with E-state index in [1.807, 2.05) is 0 Å². The highest BCUT2D eigenvalue weighted by molar-refractivity contribution is 6.34. The number of hydrogen-bond acceptors (Lipinski definition) is 5. The summed E-state index contributed by atoms with van der Waals surface area (Å²) in [6, 6.07) is 13.7. The normalized spacial score (nSPS) is 18.4. The molecule has 1 aromatic heterocycles. The van der Waals surface area contributed by atoms with E-state index in [0.29, 0.717) is 53.6 Å². The molecule has 1 aliphatic rings. The van der Waals surface area contributed by atoms with E-state index in [0.717, 1.165) is 5.56 Å². The molecule has 7 heteroatoms. The van der Waals surface area contributed by atoms with Crippen LogP contribution in [0.3, 0.4) is 0 Å². The molecule has 1 saturated carbocycles. The molecule has 29 heavy (non-hydrogen) atoms. The summed E-state index contributed by atoms with van der Waals surface area (Å²) in [5.41, 5.74) is 0.958. The number of carboxylic acid groups (broad SMARTS) is 1. The van der Waals surface area contributed by atoms with Gasteiger partial charge in [-0.05, 0) is 49.2 Å². The maximum absolute atomic E-state index is 12.3. The van der Waals surface area contributed by atoms with Crippen LogP contribution in [0.25, 0.3) is 22.3 Å². The van der Waals surface area contributed by atoms with E-state index in [1.54, 1.807) is 42.5 Å². The van der Waals surface area contributed by atoms with Gasteiger partial charge in [0, 0.05) is 11.6 Å². The topological polar surface area (TPSA) is 86.0 Å². The van der Waals surface area contributed by atoms with Gasteiger partial charge in [0.15, 0.2) is 11.0 Å². The summed E-state index contributed by atoms with van der Waals surface area (Å²) in [6.45, 7) is 0.769. The van der Waals surface area contributed by atoms with Crippen molar-refractivity contribution in [1.82, 2.24) is 0 Å². The maximum atomic E-state index is 12.3. The van der Waals surface area contributed by atoms with Crippen molar-refractivity contribution in [3.05, 3.63) is 63.8 Å². The number of hydrogen-bond donors (Lipinski definition) is 1. The van der Waals surface area contributed by atoms with E-state index in [2.05, 4.69) is 0 Å². The lowest BCUT2D eigenvalue weighted by molar-refractivity contribution is -0.151. The Morgan fingerprint density at radius 2 is 1.90 bits per heavy atom. The predicted molar refractivity (Wildman–Crippen MR) is 109 cm³/mol. The third-order valence-corrected chi connectivity index (χ3v) is 5.29. The minimum Gasteiger partial charge on any atom is -0.491 e. The fourth-order valence-electron chi connectivity index (χ4n) is 3.28. The number of carboxylic acids is 1. The molecule has 3 aromatic rings. The Morgan fingerprint density at radius 3 is 2.62 bits per heavy atom. The zero-order valence-electron chi connectivity index (χ0n) is 15.5. The molecule has 0 unspecified atom stereocenters. The average molecular weight is 415 g/mol. The van der Waals surface area contributed by atoms with Gasteiger partial charge in [-0.3, -0.25) is 9.59 Å². The second kappa shape index (κ2) is 8.27. The fourth-order valence-corrected chi connectivity index (χ4v) is 3.49. The van der Waals surface area contributed by atoms with Gasteiger partial charge in [0.05, 0.1) is 29.0 Å². The Labute approximate surface area is 171 Å². The van der Waals surface area contributed by atoms with Crippen LogP contribution in [0.2, 0.25) is 5.02 Å². The molecule has 1 fully saturated rings. The van der Waals surface area contributed by atoms with Crippen molar-refractivity contribution in [3.63, 3.8) is 0 Å². The van der Waals surface area contributed by atoms with E-state index in [9.17, 15) is 9.59 Å². The van der Waals surface area contributed by atoms with Crippen LogP contribution in [-0.2, 0) is 9.53 Å². The monoisotopic (exact) mass is 414 g/mol. The summed E-state index contributed by atoms with van der Waals surface area (Å²) in [4.78, 5) is 23.1. The highest BCUT2D eigenvalue weighted by atomic mass is 35.5. The first-order valence-electron chi connectivity index (χ1n) is 9.31. The molecule has 1 N–H and O–H groups in total. The lowest BCUT2D eigenvalue weighted by Crippen LogP contribution is -2.36. The van der Waals surface area contributed by atoms with Crippen molar-refractivity contribution in [2.75, 3.05) is 13.2 Å². The molecule has 0 bridgehead atoms. The summed E-state index contributed by atoms with van der Waals surface area (Å²) in [7, 11) is 0. The molecule has 0 radical (unpaired) electrons. The van der Waals surface area contributed by atoms with Gasteiger partial charge in [-0.1, -0.05) is 17.7 Å². The first-order valence-corrected chi connectivity index (χ1v) is 9.69. The van der Waals surface area contributed by atoms with Crippen molar-refractivity contribution in [3.8, 4) is 17.1 Å². The van der Waals surface area contributed by atoms with Crippen molar-refractivity contribution in [1.29, 1.82) is 0 Å². The highest BCUT2D eigenvalue weighted by Gasteiger charge is 2.34. The second-order valence-electron chi connectivity index (χ2n) is 6.96. The van der Waals surface area contributed by atoms with Crippen molar-refractivity contribution in [2.45, 2.75) is 18.9 Å². The van der Waals surface area contributed by atoms with Gasteiger partial charge in [0.1, 0.15) is 18.1 Å². The number of rotatable bonds is 7. The number of para-hydroxylation sites is 1. The van der Waals surface area contributed by atoms with E-state index in [4.69, 9.17) is 30.6 Å². The maximum Gasteiger partial charge on any atom is 0.306 e. The first-order chi connectivity index (χ1) is 14.0. The van der Waals surface area contributed by atoms with E-state index in [1.165, 1.54) is 6.07 Å². The first kappa shape index (κ1) is 19.5. The van der Waals surface area contributed by atoms with Gasteiger partial charge in [0.2, 0.25) is 0 Å². The number of halogens is 1. The Balaban J connectivity index is 1.35. The summed E-state index contributed by atoms with van der Waals surface area (Å²) < 4.78 is 17.1. The quantitative estimate of drug-likeness (QED) is 0.578. The van der Waals surface area contributed by atoms with Crippen LogP contribution in [0.5, 0.6) is 5.75 Å². The summed E-state index contributed by atoms with van der Waals surface area (Å²) in [5, 5.41) is 9.68. The molecular weight excluding hydrogens is 396 g/mol. The van der Waals surface area contributed by atoms with Crippen LogP contribution in [0.1, 0.15) is 12.8 Å². The number of benzene rings is 2. The Hall–Kier alpha value is -2.83. The average Bonchev–Trinajstić information content (AvgIpc) is 2.67. The standard InChI is InChI=1S/C22H19ClO6/c23-18-3-1-2-17-19(24)12-20(29-21(17)18)13-4-6-15(7-5-13)27-8-9-28-16-10-14(11-16)22(25)26/h1-7,12,14,16H,8-11H2,(H,25,26)/t14-,16+. The van der Waals surface area contributed by atoms with Gasteiger partial charge in [-0.2, -0.15) is 0 Å². The highest BCUT2D eigenvalue weighted by Crippen LogP contribution is 2.30. The van der Waals surface area contributed by atoms with Crippen LogP contribution in [-0.4, -0.2) is 30.4 Å². The molecule has 0 spiro atoms. The third-order valence-electron chi connectivity index (χ3n) is 5.00. The fraction of sp³-hybridized carbons (Fsp3) is 0.273. The number of ether oxygens (including phenoxy) is 2. The lowest BCUT2D eigenvalue weighted by atomic mass is 9.82. The minimum atomic E-state index is -0.759. The number of aliphatic carboxylic acids is 1. The van der Waals surface area contributed by atoms with Crippen LogP contribution in [0.4, 0.5) is 0 Å². The van der Waals surface area contributed by atoms with Gasteiger partial charge < -0.3 is 19.0 Å². The zero-order chi connectivity index (χ0) is 20.4. The molecular formula is C22H19ClO6. The van der Waals surface area contributed by atoms with E-state index in [-0.39, 0.29) is 17.5 Å². The molecule has 0 atom stereocenters. The van der Waals surface area contributed by atoms with Crippen LogP contribution < -0.4 is 10.2 Å². The Bertz CT molecular complexity index is 1080. The van der Waals surface area contributed by atoms with Crippen LogP contribution >= 0.6 is 11.6 Å².